The Bertz CT molecular complexity index is 480. The highest BCUT2D eigenvalue weighted by atomic mass is 16.5. The Morgan fingerprint density at radius 1 is 1.50 bits per heavy atom. The zero-order valence-electron chi connectivity index (χ0n) is 10.4. The van der Waals surface area contributed by atoms with Gasteiger partial charge in [0.1, 0.15) is 6.10 Å². The van der Waals surface area contributed by atoms with Crippen molar-refractivity contribution in [3.63, 3.8) is 0 Å². The van der Waals surface area contributed by atoms with Crippen LogP contribution in [-0.4, -0.2) is 30.8 Å². The van der Waals surface area contributed by atoms with E-state index in [0.29, 0.717) is 6.42 Å². The predicted molar refractivity (Wildman–Crippen MR) is 67.5 cm³/mol. The quantitative estimate of drug-likeness (QED) is 0.859. The average molecular weight is 247 g/mol. The van der Waals surface area contributed by atoms with Gasteiger partial charge in [0.2, 0.25) is 5.91 Å². The maximum absolute atomic E-state index is 11.6. The number of amides is 1. The van der Waals surface area contributed by atoms with Crippen LogP contribution in [0.15, 0.2) is 18.2 Å². The fourth-order valence-corrected chi connectivity index (χ4v) is 2.74. The number of fused-ring (bicyclic) bond motifs is 1. The molecule has 1 N–H and O–H groups in total. The number of hydrogen-bond donors (Lipinski definition) is 1. The van der Waals surface area contributed by atoms with Crippen LogP contribution in [0.5, 0.6) is 0 Å². The third-order valence-corrected chi connectivity index (χ3v) is 3.84. The van der Waals surface area contributed by atoms with Crippen molar-refractivity contribution in [1.29, 1.82) is 0 Å². The van der Waals surface area contributed by atoms with Crippen molar-refractivity contribution < 1.29 is 14.6 Å². The highest BCUT2D eigenvalue weighted by Gasteiger charge is 2.28. The average Bonchev–Trinajstić information content (AvgIpc) is 2.98. The number of nitrogens with zero attached hydrogens (tertiary/aromatic N) is 1. The van der Waals surface area contributed by atoms with Crippen LogP contribution < -0.4 is 4.90 Å². The lowest BCUT2D eigenvalue weighted by molar-refractivity contribution is -0.117. The summed E-state index contributed by atoms with van der Waals surface area (Å²) in [4.78, 5) is 13.3. The van der Waals surface area contributed by atoms with Gasteiger partial charge < -0.3 is 14.7 Å². The third-order valence-electron chi connectivity index (χ3n) is 3.84. The fourth-order valence-electron chi connectivity index (χ4n) is 2.74. The zero-order chi connectivity index (χ0) is 12.7. The van der Waals surface area contributed by atoms with Crippen molar-refractivity contribution in [2.24, 2.45) is 0 Å². The second-order valence-corrected chi connectivity index (χ2v) is 5.01. The maximum Gasteiger partial charge on any atom is 0.231 e. The van der Waals surface area contributed by atoms with Gasteiger partial charge in [-0.1, -0.05) is 12.1 Å². The highest BCUT2D eigenvalue weighted by molar-refractivity contribution is 6.00. The van der Waals surface area contributed by atoms with E-state index in [4.69, 9.17) is 4.74 Å². The first-order valence-corrected chi connectivity index (χ1v) is 6.36. The fraction of sp³-hybridized carbons (Fsp3) is 0.500. The molecule has 1 aromatic carbocycles. The van der Waals surface area contributed by atoms with E-state index in [1.807, 2.05) is 18.2 Å². The van der Waals surface area contributed by atoms with Gasteiger partial charge in [-0.2, -0.15) is 0 Å². The summed E-state index contributed by atoms with van der Waals surface area (Å²) in [7, 11) is 1.78. The largest absolute Gasteiger partial charge is 0.386 e. The molecular weight excluding hydrogens is 230 g/mol. The molecule has 0 spiro atoms. The SMILES string of the molecule is CN1C(=O)Cc2cc(C(O)C3CCCO3)ccc21. The van der Waals surface area contributed by atoms with Gasteiger partial charge in [-0.05, 0) is 30.0 Å². The predicted octanol–water partition coefficient (Wildman–Crippen LogP) is 1.42. The zero-order valence-corrected chi connectivity index (χ0v) is 10.4. The molecule has 0 bridgehead atoms. The lowest BCUT2D eigenvalue weighted by Gasteiger charge is -2.19. The second kappa shape index (κ2) is 4.37. The van der Waals surface area contributed by atoms with Crippen molar-refractivity contribution in [3.8, 4) is 0 Å². The van der Waals surface area contributed by atoms with E-state index < -0.39 is 6.10 Å². The minimum atomic E-state index is -0.584. The number of carbonyl (C=O) groups excluding carboxylic acids is 1. The number of rotatable bonds is 2. The number of aliphatic hydroxyl groups is 1. The molecule has 1 aromatic rings. The van der Waals surface area contributed by atoms with Gasteiger partial charge in [0, 0.05) is 19.3 Å². The number of hydrogen-bond acceptors (Lipinski definition) is 3. The Kier molecular flexibility index (Phi) is 2.84. The smallest absolute Gasteiger partial charge is 0.231 e. The topological polar surface area (TPSA) is 49.8 Å². The van der Waals surface area contributed by atoms with Gasteiger partial charge in [-0.3, -0.25) is 4.79 Å². The number of likely N-dealkylation sites (N-methyl/N-ethyl adjacent to an activating group) is 1. The van der Waals surface area contributed by atoms with Gasteiger partial charge in [-0.15, -0.1) is 0 Å². The Morgan fingerprint density at radius 2 is 2.33 bits per heavy atom. The third kappa shape index (κ3) is 1.82. The Hall–Kier alpha value is -1.39. The summed E-state index contributed by atoms with van der Waals surface area (Å²) in [5.74, 6) is 0.105. The highest BCUT2D eigenvalue weighted by Crippen LogP contribution is 2.33. The van der Waals surface area contributed by atoms with Crippen molar-refractivity contribution in [1.82, 2.24) is 0 Å². The van der Waals surface area contributed by atoms with E-state index in [2.05, 4.69) is 0 Å². The summed E-state index contributed by atoms with van der Waals surface area (Å²) in [6.07, 6.45) is 1.65. The molecule has 2 aliphatic rings. The van der Waals surface area contributed by atoms with Gasteiger partial charge in [-0.25, -0.2) is 0 Å². The van der Waals surface area contributed by atoms with E-state index in [1.54, 1.807) is 11.9 Å². The van der Waals surface area contributed by atoms with Crippen molar-refractivity contribution in [3.05, 3.63) is 29.3 Å². The number of benzene rings is 1. The summed E-state index contributed by atoms with van der Waals surface area (Å²) in [6, 6.07) is 5.73. The molecule has 1 saturated heterocycles. The molecule has 0 saturated carbocycles. The first kappa shape index (κ1) is 11.7. The Balaban J connectivity index is 1.87. The van der Waals surface area contributed by atoms with Crippen LogP contribution in [-0.2, 0) is 16.0 Å². The Morgan fingerprint density at radius 3 is 3.06 bits per heavy atom. The molecule has 3 rings (SSSR count). The summed E-state index contributed by atoms with van der Waals surface area (Å²) in [5.41, 5.74) is 2.80. The van der Waals surface area contributed by atoms with Crippen molar-refractivity contribution in [2.45, 2.75) is 31.5 Å². The number of anilines is 1. The monoisotopic (exact) mass is 247 g/mol. The summed E-state index contributed by atoms with van der Waals surface area (Å²) >= 11 is 0. The first-order valence-electron chi connectivity index (χ1n) is 6.36. The van der Waals surface area contributed by atoms with E-state index in [0.717, 1.165) is 36.3 Å². The molecule has 2 unspecified atom stereocenters. The molecule has 1 amide bonds. The molecular formula is C14H17NO3. The molecule has 1 fully saturated rings. The van der Waals surface area contributed by atoms with Gasteiger partial charge in [0.05, 0.1) is 12.5 Å². The molecule has 4 heteroatoms. The van der Waals surface area contributed by atoms with Crippen LogP contribution in [0.2, 0.25) is 0 Å². The van der Waals surface area contributed by atoms with E-state index >= 15 is 0 Å². The molecule has 0 aliphatic carbocycles. The normalized spacial score (nSPS) is 24.4. The number of carbonyl (C=O) groups is 1. The second-order valence-electron chi connectivity index (χ2n) is 5.01. The van der Waals surface area contributed by atoms with Crippen LogP contribution >= 0.6 is 0 Å². The minimum Gasteiger partial charge on any atom is -0.386 e. The standard InChI is InChI=1S/C14H17NO3/c1-15-11-5-4-9(7-10(11)8-13(15)16)14(17)12-3-2-6-18-12/h4-5,7,12,14,17H,2-3,6,8H2,1H3. The number of aliphatic hydroxyl groups excluding tert-OH is 1. The van der Waals surface area contributed by atoms with Crippen LogP contribution in [0, 0.1) is 0 Å². The van der Waals surface area contributed by atoms with Gasteiger partial charge >= 0.3 is 0 Å². The summed E-state index contributed by atoms with van der Waals surface area (Å²) in [5, 5.41) is 10.3. The molecule has 2 heterocycles. The molecule has 2 aliphatic heterocycles. The maximum atomic E-state index is 11.6. The van der Waals surface area contributed by atoms with Crippen molar-refractivity contribution in [2.75, 3.05) is 18.6 Å². The first-order chi connectivity index (χ1) is 8.66. The summed E-state index contributed by atoms with van der Waals surface area (Å²) in [6.45, 7) is 0.730. The van der Waals surface area contributed by atoms with E-state index in [9.17, 15) is 9.90 Å². The van der Waals surface area contributed by atoms with Gasteiger partial charge in [0.25, 0.3) is 0 Å². The van der Waals surface area contributed by atoms with E-state index in [1.165, 1.54) is 0 Å². The molecule has 0 radical (unpaired) electrons. The Labute approximate surface area is 106 Å². The summed E-state index contributed by atoms with van der Waals surface area (Å²) < 4.78 is 5.50. The number of ether oxygens (including phenoxy) is 1. The van der Waals surface area contributed by atoms with E-state index in [-0.39, 0.29) is 12.0 Å². The molecule has 18 heavy (non-hydrogen) atoms. The lowest BCUT2D eigenvalue weighted by atomic mass is 9.99. The molecule has 4 nitrogen and oxygen atoms in total. The molecule has 2 atom stereocenters. The molecule has 96 valence electrons. The van der Waals surface area contributed by atoms with Crippen LogP contribution in [0.1, 0.15) is 30.1 Å². The van der Waals surface area contributed by atoms with Gasteiger partial charge in [0.15, 0.2) is 0 Å². The van der Waals surface area contributed by atoms with Crippen LogP contribution in [0.4, 0.5) is 5.69 Å². The van der Waals surface area contributed by atoms with Crippen LogP contribution in [0.25, 0.3) is 0 Å². The van der Waals surface area contributed by atoms with Crippen LogP contribution in [0.3, 0.4) is 0 Å². The minimum absolute atomic E-state index is 0.0992. The molecule has 0 aromatic heterocycles. The lowest BCUT2D eigenvalue weighted by Crippen LogP contribution is -2.20. The van der Waals surface area contributed by atoms with Crippen molar-refractivity contribution >= 4 is 11.6 Å².